The molecule has 1 heterocycles. The van der Waals surface area contributed by atoms with Crippen LogP contribution in [0.2, 0.25) is 0 Å². The van der Waals surface area contributed by atoms with Gasteiger partial charge < -0.3 is 9.84 Å². The van der Waals surface area contributed by atoms with Crippen LogP contribution in [-0.4, -0.2) is 23.4 Å². The van der Waals surface area contributed by atoms with E-state index in [1.807, 2.05) is 0 Å². The molecule has 2 atom stereocenters. The molecule has 1 aliphatic carbocycles. The lowest BCUT2D eigenvalue weighted by atomic mass is 9.75. The smallest absolute Gasteiger partial charge is 0.114 e. The lowest BCUT2D eigenvalue weighted by Crippen LogP contribution is -2.48. The Labute approximate surface area is 54.1 Å². The van der Waals surface area contributed by atoms with Crippen LogP contribution in [0.15, 0.2) is 12.2 Å². The molecule has 2 heteroatoms. The number of fused-ring (bicyclic) bond motifs is 1. The summed E-state index contributed by atoms with van der Waals surface area (Å²) < 4.78 is 5.22. The van der Waals surface area contributed by atoms with Gasteiger partial charge in [0.05, 0.1) is 12.7 Å². The molecule has 50 valence electrons. The van der Waals surface area contributed by atoms with Crippen LogP contribution in [0.5, 0.6) is 0 Å². The van der Waals surface area contributed by atoms with Gasteiger partial charge in [-0.25, -0.2) is 0 Å². The van der Waals surface area contributed by atoms with Crippen LogP contribution in [0.3, 0.4) is 0 Å². The normalized spacial score (nSPS) is 48.6. The van der Waals surface area contributed by atoms with Gasteiger partial charge in [0.15, 0.2) is 0 Å². The fraction of sp³-hybridized carbons (Fsp3) is 0.714. The van der Waals surface area contributed by atoms with Gasteiger partial charge in [0.25, 0.3) is 0 Å². The SMILES string of the molecule is C=C1CO[C@@H]2CC[C@]12O. The predicted octanol–water partition coefficient (Wildman–Crippen LogP) is 0.466. The van der Waals surface area contributed by atoms with Crippen molar-refractivity contribution in [1.82, 2.24) is 0 Å². The zero-order valence-electron chi connectivity index (χ0n) is 5.26. The Morgan fingerprint density at radius 3 is 2.78 bits per heavy atom. The molecule has 2 rings (SSSR count). The second kappa shape index (κ2) is 1.39. The summed E-state index contributed by atoms with van der Waals surface area (Å²) in [5.74, 6) is 0. The average Bonchev–Trinajstić information content (AvgIpc) is 1.96. The summed E-state index contributed by atoms with van der Waals surface area (Å²) in [4.78, 5) is 0. The zero-order valence-corrected chi connectivity index (χ0v) is 5.26. The number of hydrogen-bond donors (Lipinski definition) is 1. The predicted molar refractivity (Wildman–Crippen MR) is 33.1 cm³/mol. The molecular weight excluding hydrogens is 116 g/mol. The van der Waals surface area contributed by atoms with Gasteiger partial charge in [-0.15, -0.1) is 0 Å². The van der Waals surface area contributed by atoms with Crippen molar-refractivity contribution in [2.24, 2.45) is 0 Å². The van der Waals surface area contributed by atoms with E-state index in [-0.39, 0.29) is 6.10 Å². The molecule has 0 amide bonds. The largest absolute Gasteiger partial charge is 0.383 e. The fourth-order valence-electron chi connectivity index (χ4n) is 1.49. The molecule has 2 fully saturated rings. The van der Waals surface area contributed by atoms with Gasteiger partial charge in [0.1, 0.15) is 5.60 Å². The monoisotopic (exact) mass is 126 g/mol. The van der Waals surface area contributed by atoms with Gasteiger partial charge in [-0.05, 0) is 18.4 Å². The van der Waals surface area contributed by atoms with E-state index in [2.05, 4.69) is 6.58 Å². The standard InChI is InChI=1S/C7H10O2/c1-5-4-9-6-2-3-7(5,6)8/h6,8H,1-4H2/t6-,7+/m1/s1. The lowest BCUT2D eigenvalue weighted by Gasteiger charge is -2.38. The highest BCUT2D eigenvalue weighted by molar-refractivity contribution is 5.25. The fourth-order valence-corrected chi connectivity index (χ4v) is 1.49. The van der Waals surface area contributed by atoms with Gasteiger partial charge in [0.2, 0.25) is 0 Å². The van der Waals surface area contributed by atoms with Crippen LogP contribution < -0.4 is 0 Å². The van der Waals surface area contributed by atoms with Gasteiger partial charge in [-0.3, -0.25) is 0 Å². The molecule has 1 saturated carbocycles. The highest BCUT2D eigenvalue weighted by Crippen LogP contribution is 2.44. The van der Waals surface area contributed by atoms with Gasteiger partial charge in [-0.2, -0.15) is 0 Å². The number of ether oxygens (including phenoxy) is 1. The maximum Gasteiger partial charge on any atom is 0.114 e. The van der Waals surface area contributed by atoms with E-state index in [0.717, 1.165) is 18.4 Å². The topological polar surface area (TPSA) is 29.5 Å². The van der Waals surface area contributed by atoms with Crippen molar-refractivity contribution in [1.29, 1.82) is 0 Å². The quantitative estimate of drug-likeness (QED) is 0.478. The average molecular weight is 126 g/mol. The third kappa shape index (κ3) is 0.478. The maximum atomic E-state index is 9.59. The molecule has 0 unspecified atom stereocenters. The van der Waals surface area contributed by atoms with Crippen LogP contribution in [0.25, 0.3) is 0 Å². The Morgan fingerprint density at radius 1 is 1.78 bits per heavy atom. The second-order valence-electron chi connectivity index (χ2n) is 2.87. The van der Waals surface area contributed by atoms with E-state index in [1.54, 1.807) is 0 Å². The highest BCUT2D eigenvalue weighted by atomic mass is 16.5. The molecule has 9 heavy (non-hydrogen) atoms. The molecule has 1 saturated heterocycles. The molecule has 0 radical (unpaired) electrons. The van der Waals surface area contributed by atoms with E-state index >= 15 is 0 Å². The molecule has 1 aliphatic heterocycles. The molecule has 1 N–H and O–H groups in total. The summed E-state index contributed by atoms with van der Waals surface area (Å²) in [5, 5.41) is 9.59. The Morgan fingerprint density at radius 2 is 2.56 bits per heavy atom. The van der Waals surface area contributed by atoms with Crippen LogP contribution in [0, 0.1) is 0 Å². The van der Waals surface area contributed by atoms with Crippen molar-refractivity contribution >= 4 is 0 Å². The third-order valence-electron chi connectivity index (χ3n) is 2.39. The molecule has 0 bridgehead atoms. The van der Waals surface area contributed by atoms with E-state index in [0.29, 0.717) is 6.61 Å². The van der Waals surface area contributed by atoms with Crippen molar-refractivity contribution in [3.63, 3.8) is 0 Å². The lowest BCUT2D eigenvalue weighted by molar-refractivity contribution is -0.0963. The summed E-state index contributed by atoms with van der Waals surface area (Å²) in [6.45, 7) is 4.29. The third-order valence-corrected chi connectivity index (χ3v) is 2.39. The molecular formula is C7H10O2. The van der Waals surface area contributed by atoms with Gasteiger partial charge in [0, 0.05) is 0 Å². The maximum absolute atomic E-state index is 9.59. The van der Waals surface area contributed by atoms with E-state index < -0.39 is 5.60 Å². The minimum atomic E-state index is -0.625. The van der Waals surface area contributed by atoms with Crippen molar-refractivity contribution < 1.29 is 9.84 Å². The molecule has 0 aromatic heterocycles. The van der Waals surface area contributed by atoms with Crippen LogP contribution in [0.4, 0.5) is 0 Å². The first kappa shape index (κ1) is 5.45. The molecule has 0 aromatic rings. The summed E-state index contributed by atoms with van der Waals surface area (Å²) in [6.07, 6.45) is 1.91. The van der Waals surface area contributed by atoms with Crippen molar-refractivity contribution in [2.75, 3.05) is 6.61 Å². The summed E-state index contributed by atoms with van der Waals surface area (Å²) in [7, 11) is 0. The first-order valence-electron chi connectivity index (χ1n) is 3.26. The van der Waals surface area contributed by atoms with E-state index in [9.17, 15) is 5.11 Å². The Hall–Kier alpha value is -0.340. The Kier molecular flexibility index (Phi) is 0.838. The molecule has 0 spiro atoms. The van der Waals surface area contributed by atoms with Crippen molar-refractivity contribution in [3.8, 4) is 0 Å². The first-order chi connectivity index (χ1) is 4.23. The molecule has 2 aliphatic rings. The summed E-state index contributed by atoms with van der Waals surface area (Å²) in [5.41, 5.74) is 0.235. The number of aliphatic hydroxyl groups is 1. The zero-order chi connectivity index (χ0) is 6.48. The molecule has 2 nitrogen and oxygen atoms in total. The van der Waals surface area contributed by atoms with Crippen LogP contribution >= 0.6 is 0 Å². The summed E-state index contributed by atoms with van der Waals surface area (Å²) in [6, 6.07) is 0. The Balaban J connectivity index is 2.28. The summed E-state index contributed by atoms with van der Waals surface area (Å²) >= 11 is 0. The van der Waals surface area contributed by atoms with E-state index in [1.165, 1.54) is 0 Å². The minimum absolute atomic E-state index is 0.0741. The Bertz CT molecular complexity index is 164. The minimum Gasteiger partial charge on any atom is -0.383 e. The number of rotatable bonds is 0. The van der Waals surface area contributed by atoms with Crippen LogP contribution in [-0.2, 0) is 4.74 Å². The second-order valence-corrected chi connectivity index (χ2v) is 2.87. The van der Waals surface area contributed by atoms with Crippen molar-refractivity contribution in [3.05, 3.63) is 12.2 Å². The highest BCUT2D eigenvalue weighted by Gasteiger charge is 2.52. The van der Waals surface area contributed by atoms with Crippen molar-refractivity contribution in [2.45, 2.75) is 24.5 Å². The van der Waals surface area contributed by atoms with Gasteiger partial charge in [-0.1, -0.05) is 6.58 Å². The molecule has 0 aromatic carbocycles. The first-order valence-corrected chi connectivity index (χ1v) is 3.26. The van der Waals surface area contributed by atoms with Crippen LogP contribution in [0.1, 0.15) is 12.8 Å². The van der Waals surface area contributed by atoms with E-state index in [4.69, 9.17) is 4.74 Å². The van der Waals surface area contributed by atoms with Gasteiger partial charge >= 0.3 is 0 Å². The number of hydrogen-bond acceptors (Lipinski definition) is 2.